The van der Waals surface area contributed by atoms with Gasteiger partial charge in [-0.3, -0.25) is 9.59 Å². The van der Waals surface area contributed by atoms with E-state index in [0.717, 1.165) is 36.8 Å². The number of methoxy groups -OCH3 is 1. The van der Waals surface area contributed by atoms with Gasteiger partial charge in [-0.05, 0) is 68.2 Å². The lowest BCUT2D eigenvalue weighted by Gasteiger charge is -2.43. The summed E-state index contributed by atoms with van der Waals surface area (Å²) < 4.78 is 11.4. The van der Waals surface area contributed by atoms with E-state index in [-0.39, 0.29) is 18.1 Å². The third-order valence-electron chi connectivity index (χ3n) is 6.81. The second kappa shape index (κ2) is 11.0. The quantitative estimate of drug-likeness (QED) is 0.244. The third-order valence-corrected chi connectivity index (χ3v) is 7.10. The van der Waals surface area contributed by atoms with E-state index in [0.29, 0.717) is 30.0 Å². The Hall–Kier alpha value is -2.33. The van der Waals surface area contributed by atoms with Gasteiger partial charge in [0.25, 0.3) is 0 Å². The smallest absolute Gasteiger partial charge is 0.317 e. The van der Waals surface area contributed by atoms with E-state index < -0.39 is 17.5 Å². The molecule has 0 radical (unpaired) electrons. The molecule has 32 heavy (non-hydrogen) atoms. The van der Waals surface area contributed by atoms with Crippen LogP contribution in [0.25, 0.3) is 0 Å². The SMILES string of the molecule is C=C/C(=C\C=C/C)CC1C(=O)CC(CCc2ccc(OC)c(Cl)c2)(C2CCCC2)OC1=O. The van der Waals surface area contributed by atoms with E-state index in [1.807, 2.05) is 43.4 Å². The summed E-state index contributed by atoms with van der Waals surface area (Å²) >= 11 is 6.29. The molecule has 0 bridgehead atoms. The molecule has 1 aliphatic carbocycles. The van der Waals surface area contributed by atoms with Crippen molar-refractivity contribution in [3.63, 3.8) is 0 Å². The molecule has 0 N–H and O–H groups in total. The molecular formula is C27H33ClO4. The Morgan fingerprint density at radius 1 is 1.31 bits per heavy atom. The number of rotatable bonds is 9. The van der Waals surface area contributed by atoms with Gasteiger partial charge in [0.15, 0.2) is 5.78 Å². The minimum Gasteiger partial charge on any atom is -0.495 e. The number of aryl methyl sites for hydroxylation is 1. The zero-order valence-electron chi connectivity index (χ0n) is 19.1. The monoisotopic (exact) mass is 456 g/mol. The average molecular weight is 457 g/mol. The summed E-state index contributed by atoms with van der Waals surface area (Å²) in [6, 6.07) is 5.72. The molecule has 0 aromatic heterocycles. The topological polar surface area (TPSA) is 52.6 Å². The van der Waals surface area contributed by atoms with E-state index in [1.54, 1.807) is 13.2 Å². The van der Waals surface area contributed by atoms with E-state index in [1.165, 1.54) is 0 Å². The first-order valence-electron chi connectivity index (χ1n) is 11.4. The van der Waals surface area contributed by atoms with Crippen molar-refractivity contribution < 1.29 is 19.1 Å². The molecule has 1 heterocycles. The van der Waals surface area contributed by atoms with Crippen molar-refractivity contribution in [2.24, 2.45) is 11.8 Å². The standard InChI is InChI=1S/C27H33ClO4/c1-4-6-9-19(5-2)16-22-24(29)18-27(32-26(22)30,21-10-7-8-11-21)15-14-20-12-13-25(31-3)23(28)17-20/h4-6,9,12-13,17,21-22H,2,7-8,10-11,14-16,18H2,1,3H3/b6-4-,19-9+. The predicted molar refractivity (Wildman–Crippen MR) is 128 cm³/mol. The molecule has 0 spiro atoms. The Morgan fingerprint density at radius 3 is 2.66 bits per heavy atom. The fourth-order valence-corrected chi connectivity index (χ4v) is 5.25. The van der Waals surface area contributed by atoms with Crippen molar-refractivity contribution in [3.05, 3.63) is 65.2 Å². The van der Waals surface area contributed by atoms with E-state index in [2.05, 4.69) is 6.58 Å². The van der Waals surface area contributed by atoms with E-state index >= 15 is 0 Å². The van der Waals surface area contributed by atoms with Crippen LogP contribution in [0.15, 0.2) is 54.7 Å². The number of benzene rings is 1. The number of ether oxygens (including phenoxy) is 2. The largest absolute Gasteiger partial charge is 0.495 e. The van der Waals surface area contributed by atoms with Crippen LogP contribution in [-0.2, 0) is 20.7 Å². The maximum atomic E-state index is 13.2. The lowest BCUT2D eigenvalue weighted by atomic mass is 9.73. The van der Waals surface area contributed by atoms with Gasteiger partial charge in [-0.25, -0.2) is 0 Å². The first kappa shape index (κ1) is 24.3. The molecule has 1 aromatic carbocycles. The van der Waals surface area contributed by atoms with Gasteiger partial charge in [0.05, 0.1) is 12.1 Å². The normalized spacial score (nSPS) is 24.7. The predicted octanol–water partition coefficient (Wildman–Crippen LogP) is 6.42. The van der Waals surface area contributed by atoms with Crippen molar-refractivity contribution >= 4 is 23.4 Å². The maximum absolute atomic E-state index is 13.2. The van der Waals surface area contributed by atoms with Crippen LogP contribution < -0.4 is 4.74 Å². The summed E-state index contributed by atoms with van der Waals surface area (Å²) in [5.74, 6) is -0.313. The number of hydrogen-bond donors (Lipinski definition) is 0. The molecule has 3 rings (SSSR count). The molecule has 2 unspecified atom stereocenters. The van der Waals surface area contributed by atoms with Gasteiger partial charge in [-0.15, -0.1) is 0 Å². The minimum atomic E-state index is -0.755. The number of carbonyl (C=O) groups is 2. The minimum absolute atomic E-state index is 0.0193. The van der Waals surface area contributed by atoms with E-state index in [4.69, 9.17) is 21.1 Å². The molecule has 2 atom stereocenters. The molecule has 1 saturated heterocycles. The van der Waals surface area contributed by atoms with Crippen LogP contribution in [0.5, 0.6) is 5.75 Å². The Bertz CT molecular complexity index is 890. The van der Waals surface area contributed by atoms with Crippen LogP contribution >= 0.6 is 11.6 Å². The maximum Gasteiger partial charge on any atom is 0.317 e. The van der Waals surface area contributed by atoms with Crippen molar-refractivity contribution in [2.75, 3.05) is 7.11 Å². The first-order valence-corrected chi connectivity index (χ1v) is 11.8. The summed E-state index contributed by atoms with van der Waals surface area (Å²) in [7, 11) is 1.59. The Kier molecular flexibility index (Phi) is 8.36. The van der Waals surface area contributed by atoms with Gasteiger partial charge in [-0.1, -0.05) is 61.4 Å². The number of carbonyl (C=O) groups excluding carboxylic acids is 2. The molecule has 2 aliphatic rings. The number of allylic oxidation sites excluding steroid dienone is 5. The Balaban J connectivity index is 1.79. The summed E-state index contributed by atoms with van der Waals surface area (Å²) in [5.41, 5.74) is 1.18. The van der Waals surface area contributed by atoms with Crippen LogP contribution in [0.2, 0.25) is 5.02 Å². The van der Waals surface area contributed by atoms with Crippen LogP contribution in [0, 0.1) is 11.8 Å². The van der Waals surface area contributed by atoms with Gasteiger partial charge >= 0.3 is 5.97 Å². The Morgan fingerprint density at radius 2 is 2.06 bits per heavy atom. The second-order valence-electron chi connectivity index (χ2n) is 8.81. The molecule has 1 aromatic rings. The lowest BCUT2D eigenvalue weighted by Crippen LogP contribution is -2.51. The number of ketones is 1. The lowest BCUT2D eigenvalue weighted by molar-refractivity contribution is -0.185. The van der Waals surface area contributed by atoms with Crippen molar-refractivity contribution in [1.29, 1.82) is 0 Å². The third kappa shape index (κ3) is 5.53. The number of Topliss-reactive ketones (excluding diaryl/α,β-unsaturated/α-hetero) is 1. The summed E-state index contributed by atoms with van der Waals surface area (Å²) in [5, 5.41) is 0.557. The number of halogens is 1. The van der Waals surface area contributed by atoms with Crippen LogP contribution in [0.1, 0.15) is 57.4 Å². The van der Waals surface area contributed by atoms with Crippen molar-refractivity contribution in [3.8, 4) is 5.75 Å². The molecule has 2 fully saturated rings. The molecule has 1 aliphatic heterocycles. The van der Waals surface area contributed by atoms with Gasteiger partial charge in [0.1, 0.15) is 17.3 Å². The van der Waals surface area contributed by atoms with Crippen LogP contribution in [0.4, 0.5) is 0 Å². The average Bonchev–Trinajstić information content (AvgIpc) is 3.33. The summed E-state index contributed by atoms with van der Waals surface area (Å²) in [6.07, 6.45) is 13.5. The van der Waals surface area contributed by atoms with Crippen LogP contribution in [0.3, 0.4) is 0 Å². The van der Waals surface area contributed by atoms with Gasteiger partial charge < -0.3 is 9.47 Å². The summed E-state index contributed by atoms with van der Waals surface area (Å²) in [4.78, 5) is 26.3. The number of esters is 1. The van der Waals surface area contributed by atoms with Crippen LogP contribution in [-0.4, -0.2) is 24.5 Å². The van der Waals surface area contributed by atoms with Gasteiger partial charge in [0.2, 0.25) is 0 Å². The highest BCUT2D eigenvalue weighted by Crippen LogP contribution is 2.45. The zero-order valence-corrected chi connectivity index (χ0v) is 19.8. The fourth-order valence-electron chi connectivity index (χ4n) is 4.97. The molecule has 0 amide bonds. The van der Waals surface area contributed by atoms with Gasteiger partial charge in [0, 0.05) is 6.42 Å². The van der Waals surface area contributed by atoms with Gasteiger partial charge in [-0.2, -0.15) is 0 Å². The molecule has 172 valence electrons. The summed E-state index contributed by atoms with van der Waals surface area (Å²) in [6.45, 7) is 5.74. The fraction of sp³-hybridized carbons (Fsp3) is 0.481. The molecular weight excluding hydrogens is 424 g/mol. The van der Waals surface area contributed by atoms with Crippen molar-refractivity contribution in [2.45, 2.75) is 63.9 Å². The van der Waals surface area contributed by atoms with E-state index in [9.17, 15) is 9.59 Å². The first-order chi connectivity index (χ1) is 15.4. The molecule has 4 nitrogen and oxygen atoms in total. The number of cyclic esters (lactones) is 1. The highest BCUT2D eigenvalue weighted by molar-refractivity contribution is 6.32. The molecule has 5 heteroatoms. The second-order valence-corrected chi connectivity index (χ2v) is 9.21. The number of hydrogen-bond acceptors (Lipinski definition) is 4. The molecule has 1 saturated carbocycles. The Labute approximate surface area is 196 Å². The zero-order chi connectivity index (χ0) is 23.1. The van der Waals surface area contributed by atoms with Crippen molar-refractivity contribution in [1.82, 2.24) is 0 Å². The highest BCUT2D eigenvalue weighted by Gasteiger charge is 2.51. The highest BCUT2D eigenvalue weighted by atomic mass is 35.5.